The Morgan fingerprint density at radius 1 is 1.22 bits per heavy atom. The first-order valence-corrected chi connectivity index (χ1v) is 8.52. The van der Waals surface area contributed by atoms with Crippen LogP contribution in [0.2, 0.25) is 0 Å². The average molecular weight is 375 g/mol. The van der Waals surface area contributed by atoms with Gasteiger partial charge >= 0.3 is 0 Å². The lowest BCUT2D eigenvalue weighted by Crippen LogP contribution is -2.31. The van der Waals surface area contributed by atoms with Crippen molar-refractivity contribution in [2.75, 3.05) is 4.90 Å². The van der Waals surface area contributed by atoms with Gasteiger partial charge in [0.15, 0.2) is 23.2 Å². The summed E-state index contributed by atoms with van der Waals surface area (Å²) in [4.78, 5) is 26.5. The van der Waals surface area contributed by atoms with Crippen LogP contribution in [0, 0.1) is 24.5 Å². The predicted molar refractivity (Wildman–Crippen MR) is 94.1 cm³/mol. The minimum absolute atomic E-state index is 0.00389. The zero-order valence-electron chi connectivity index (χ0n) is 15.1. The molecule has 5 nitrogen and oxygen atoms in total. The molecule has 0 radical (unpaired) electrons. The molecule has 1 aliphatic heterocycles. The van der Waals surface area contributed by atoms with E-state index in [0.29, 0.717) is 5.76 Å². The van der Waals surface area contributed by atoms with E-state index in [1.807, 2.05) is 13.8 Å². The number of ketones is 1. The lowest BCUT2D eigenvalue weighted by Gasteiger charge is -2.25. The molecule has 0 saturated heterocycles. The van der Waals surface area contributed by atoms with Crippen LogP contribution in [0.15, 0.2) is 46.1 Å². The molecule has 1 N–H and O–H groups in total. The Morgan fingerprint density at radius 3 is 2.48 bits per heavy atom. The molecule has 1 atom stereocenters. The van der Waals surface area contributed by atoms with Gasteiger partial charge in [0, 0.05) is 18.2 Å². The number of halogens is 2. The molecule has 1 aromatic heterocycles. The van der Waals surface area contributed by atoms with Crippen LogP contribution in [-0.4, -0.2) is 16.8 Å². The molecule has 1 amide bonds. The molecule has 1 aromatic carbocycles. The number of rotatable bonds is 5. The summed E-state index contributed by atoms with van der Waals surface area (Å²) in [5, 5.41) is 10.4. The monoisotopic (exact) mass is 375 g/mol. The van der Waals surface area contributed by atoms with Gasteiger partial charge in [-0.15, -0.1) is 0 Å². The van der Waals surface area contributed by atoms with Crippen molar-refractivity contribution < 1.29 is 27.9 Å². The fraction of sp³-hybridized carbons (Fsp3) is 0.300. The zero-order valence-corrected chi connectivity index (χ0v) is 15.1. The fourth-order valence-electron chi connectivity index (χ4n) is 3.14. The first kappa shape index (κ1) is 18.8. The van der Waals surface area contributed by atoms with Gasteiger partial charge in [-0.3, -0.25) is 14.5 Å². The Bertz CT molecular complexity index is 945. The number of aryl methyl sites for hydroxylation is 1. The number of nitrogens with zero attached hydrogens (tertiary/aromatic N) is 1. The maximum absolute atomic E-state index is 13.7. The van der Waals surface area contributed by atoms with Gasteiger partial charge in [0.25, 0.3) is 5.91 Å². The molecule has 1 unspecified atom stereocenters. The molecule has 7 heteroatoms. The summed E-state index contributed by atoms with van der Waals surface area (Å²) in [7, 11) is 0. The number of benzene rings is 1. The molecule has 2 heterocycles. The molecule has 1 aliphatic rings. The molecule has 3 rings (SSSR count). The van der Waals surface area contributed by atoms with Crippen molar-refractivity contribution >= 4 is 17.4 Å². The highest BCUT2D eigenvalue weighted by Crippen LogP contribution is 2.42. The van der Waals surface area contributed by atoms with Crippen molar-refractivity contribution in [3.63, 3.8) is 0 Å². The number of aliphatic hydroxyl groups excluding tert-OH is 1. The topological polar surface area (TPSA) is 70.8 Å². The van der Waals surface area contributed by atoms with E-state index in [9.17, 15) is 23.5 Å². The number of Topliss-reactive ketones (excluding diaryl/α,β-unsaturated/α-hetero) is 1. The molecule has 0 aliphatic carbocycles. The number of aliphatic hydroxyl groups is 1. The van der Waals surface area contributed by atoms with E-state index in [-0.39, 0.29) is 29.4 Å². The molecule has 142 valence electrons. The highest BCUT2D eigenvalue weighted by molar-refractivity contribution is 6.16. The Labute approximate surface area is 154 Å². The van der Waals surface area contributed by atoms with E-state index in [2.05, 4.69) is 0 Å². The van der Waals surface area contributed by atoms with Crippen LogP contribution in [0.4, 0.5) is 14.5 Å². The van der Waals surface area contributed by atoms with E-state index in [0.717, 1.165) is 17.0 Å². The minimum Gasteiger partial charge on any atom is -0.503 e. The number of amides is 1. The van der Waals surface area contributed by atoms with Crippen LogP contribution in [0.1, 0.15) is 37.8 Å². The van der Waals surface area contributed by atoms with Crippen LogP contribution < -0.4 is 4.90 Å². The number of carbonyl (C=O) groups excluding carboxylic acids is 2. The van der Waals surface area contributed by atoms with Crippen LogP contribution in [0.25, 0.3) is 0 Å². The van der Waals surface area contributed by atoms with Gasteiger partial charge in [-0.1, -0.05) is 13.8 Å². The number of furan rings is 1. The molecule has 0 saturated carbocycles. The van der Waals surface area contributed by atoms with Gasteiger partial charge in [-0.05, 0) is 37.1 Å². The number of carbonyl (C=O) groups is 2. The lowest BCUT2D eigenvalue weighted by atomic mass is 9.95. The number of hydrogen-bond donors (Lipinski definition) is 1. The second-order valence-corrected chi connectivity index (χ2v) is 6.91. The molecular formula is C20H19F2NO4. The second-order valence-electron chi connectivity index (χ2n) is 6.91. The first-order valence-electron chi connectivity index (χ1n) is 8.52. The van der Waals surface area contributed by atoms with Crippen molar-refractivity contribution in [2.24, 2.45) is 5.92 Å². The maximum atomic E-state index is 13.7. The van der Waals surface area contributed by atoms with E-state index in [4.69, 9.17) is 4.42 Å². The zero-order chi connectivity index (χ0) is 19.9. The summed E-state index contributed by atoms with van der Waals surface area (Å²) >= 11 is 0. The molecule has 0 fully saturated rings. The summed E-state index contributed by atoms with van der Waals surface area (Å²) in [6.45, 7) is 5.37. The van der Waals surface area contributed by atoms with Crippen molar-refractivity contribution in [2.45, 2.75) is 33.2 Å². The predicted octanol–water partition coefficient (Wildman–Crippen LogP) is 4.38. The Morgan fingerprint density at radius 2 is 1.93 bits per heavy atom. The van der Waals surface area contributed by atoms with E-state index >= 15 is 0 Å². The standard InChI is InChI=1S/C20H19F2NO4/c1-10(2)8-15(24)17-18(16-7-4-11(3)27-16)23(20(26)19(17)25)12-5-6-13(21)14(22)9-12/h4-7,9-10,18,25H,8H2,1-3H3. The Balaban J connectivity index is 2.14. The third-order valence-corrected chi connectivity index (χ3v) is 4.31. The van der Waals surface area contributed by atoms with E-state index < -0.39 is 35.1 Å². The molecule has 0 spiro atoms. The summed E-state index contributed by atoms with van der Waals surface area (Å²) in [6.07, 6.45) is 0.120. The van der Waals surface area contributed by atoms with Crippen molar-refractivity contribution in [3.05, 3.63) is 64.8 Å². The third kappa shape index (κ3) is 3.37. The summed E-state index contributed by atoms with van der Waals surface area (Å²) in [5.41, 5.74) is -0.0929. The first-order chi connectivity index (χ1) is 12.7. The van der Waals surface area contributed by atoms with E-state index in [1.54, 1.807) is 19.1 Å². The Hall–Kier alpha value is -2.96. The minimum atomic E-state index is -1.14. The van der Waals surface area contributed by atoms with Gasteiger partial charge in [0.05, 0.1) is 5.57 Å². The highest BCUT2D eigenvalue weighted by atomic mass is 19.2. The van der Waals surface area contributed by atoms with Crippen molar-refractivity contribution in [1.82, 2.24) is 0 Å². The quantitative estimate of drug-likeness (QED) is 0.842. The molecule has 2 aromatic rings. The molecule has 27 heavy (non-hydrogen) atoms. The second kappa shape index (κ2) is 6.98. The Kier molecular flexibility index (Phi) is 4.87. The van der Waals surface area contributed by atoms with Crippen LogP contribution in [0.5, 0.6) is 0 Å². The average Bonchev–Trinajstić information content (AvgIpc) is 3.12. The van der Waals surface area contributed by atoms with Gasteiger partial charge in [-0.25, -0.2) is 8.78 Å². The van der Waals surface area contributed by atoms with Gasteiger partial charge in [0.2, 0.25) is 0 Å². The van der Waals surface area contributed by atoms with Gasteiger partial charge in [0.1, 0.15) is 17.6 Å². The fourth-order valence-corrected chi connectivity index (χ4v) is 3.14. The SMILES string of the molecule is Cc1ccc(C2C(C(=O)CC(C)C)=C(O)C(=O)N2c2ccc(F)c(F)c2)o1. The summed E-state index contributed by atoms with van der Waals surface area (Å²) < 4.78 is 32.7. The van der Waals surface area contributed by atoms with E-state index in [1.165, 1.54) is 6.07 Å². The molecule has 0 bridgehead atoms. The number of hydrogen-bond acceptors (Lipinski definition) is 4. The summed E-state index contributed by atoms with van der Waals surface area (Å²) in [5.74, 6) is -3.38. The van der Waals surface area contributed by atoms with Gasteiger partial charge in [-0.2, -0.15) is 0 Å². The normalized spacial score (nSPS) is 17.3. The van der Waals surface area contributed by atoms with Crippen LogP contribution in [-0.2, 0) is 9.59 Å². The van der Waals surface area contributed by atoms with Gasteiger partial charge < -0.3 is 9.52 Å². The highest BCUT2D eigenvalue weighted by Gasteiger charge is 2.45. The number of anilines is 1. The van der Waals surface area contributed by atoms with Crippen LogP contribution in [0.3, 0.4) is 0 Å². The lowest BCUT2D eigenvalue weighted by molar-refractivity contribution is -0.118. The summed E-state index contributed by atoms with van der Waals surface area (Å²) in [6, 6.07) is 5.13. The third-order valence-electron chi connectivity index (χ3n) is 4.31. The van der Waals surface area contributed by atoms with Crippen molar-refractivity contribution in [1.29, 1.82) is 0 Å². The largest absolute Gasteiger partial charge is 0.503 e. The molecular weight excluding hydrogens is 356 g/mol. The maximum Gasteiger partial charge on any atom is 0.294 e. The van der Waals surface area contributed by atoms with Crippen LogP contribution >= 0.6 is 0 Å². The van der Waals surface area contributed by atoms with Crippen molar-refractivity contribution in [3.8, 4) is 0 Å². The smallest absolute Gasteiger partial charge is 0.294 e.